The minimum Gasteiger partial charge on any atom is -0.508 e. The number of benzene rings is 2. The number of fused-ring (bicyclic) bond motifs is 1. The molecule has 2 heterocycles. The van der Waals surface area contributed by atoms with Gasteiger partial charge in [-0.1, -0.05) is 24.3 Å². The Kier molecular flexibility index (Phi) is 5.39. The van der Waals surface area contributed by atoms with Crippen LogP contribution in [0.15, 0.2) is 54.7 Å². The smallest absolute Gasteiger partial charge is 0.225 e. The predicted molar refractivity (Wildman–Crippen MR) is 123 cm³/mol. The summed E-state index contributed by atoms with van der Waals surface area (Å²) in [5.41, 5.74) is 3.33. The summed E-state index contributed by atoms with van der Waals surface area (Å²) >= 11 is 0. The number of aromatic nitrogens is 2. The minimum absolute atomic E-state index is 0.0360. The topological polar surface area (TPSA) is 78.8 Å². The number of methoxy groups -OCH3 is 1. The zero-order valence-electron chi connectivity index (χ0n) is 18.1. The molecule has 7 nitrogen and oxygen atoms in total. The molecule has 0 bridgehead atoms. The SMILES string of the molecule is COc1cccc(N2CCN(c3ncc4c(n3)C[C@@H](c3ccccc3O)CC4=O)CC2)c1. The summed E-state index contributed by atoms with van der Waals surface area (Å²) in [5.74, 6) is 1.72. The lowest BCUT2D eigenvalue weighted by atomic mass is 9.82. The van der Waals surface area contributed by atoms with Gasteiger partial charge in [-0.05, 0) is 30.2 Å². The summed E-state index contributed by atoms with van der Waals surface area (Å²) in [6.07, 6.45) is 2.67. The van der Waals surface area contributed by atoms with E-state index < -0.39 is 0 Å². The lowest BCUT2D eigenvalue weighted by Gasteiger charge is -2.36. The van der Waals surface area contributed by atoms with E-state index in [0.29, 0.717) is 24.4 Å². The van der Waals surface area contributed by atoms with Gasteiger partial charge in [0.25, 0.3) is 0 Å². The molecule has 2 aromatic carbocycles. The fourth-order valence-electron chi connectivity index (χ4n) is 4.61. The van der Waals surface area contributed by atoms with Crippen molar-refractivity contribution in [1.29, 1.82) is 0 Å². The van der Waals surface area contributed by atoms with Crippen LogP contribution in [-0.2, 0) is 6.42 Å². The third-order valence-electron chi connectivity index (χ3n) is 6.38. The van der Waals surface area contributed by atoms with Crippen LogP contribution in [0, 0.1) is 0 Å². The van der Waals surface area contributed by atoms with Gasteiger partial charge >= 0.3 is 0 Å². The van der Waals surface area contributed by atoms with E-state index >= 15 is 0 Å². The number of hydrogen-bond acceptors (Lipinski definition) is 7. The number of Topliss-reactive ketones (excluding diaryl/α,β-unsaturated/α-hetero) is 1. The van der Waals surface area contributed by atoms with Crippen LogP contribution in [0.2, 0.25) is 0 Å². The molecule has 0 radical (unpaired) electrons. The number of carbonyl (C=O) groups is 1. The molecule has 0 spiro atoms. The average molecular weight is 431 g/mol. The molecule has 3 aromatic rings. The number of piperazine rings is 1. The van der Waals surface area contributed by atoms with Crippen LogP contribution < -0.4 is 14.5 Å². The molecule has 1 atom stereocenters. The Hall–Kier alpha value is -3.61. The van der Waals surface area contributed by atoms with Crippen molar-refractivity contribution < 1.29 is 14.6 Å². The van der Waals surface area contributed by atoms with Gasteiger partial charge < -0.3 is 19.6 Å². The Morgan fingerprint density at radius 2 is 1.78 bits per heavy atom. The van der Waals surface area contributed by atoms with E-state index in [0.717, 1.165) is 48.9 Å². The third-order valence-corrected chi connectivity index (χ3v) is 6.38. The first-order valence-corrected chi connectivity index (χ1v) is 10.9. The van der Waals surface area contributed by atoms with Crippen LogP contribution in [0.3, 0.4) is 0 Å². The molecule has 1 N–H and O–H groups in total. The number of aromatic hydroxyl groups is 1. The average Bonchev–Trinajstić information content (AvgIpc) is 2.84. The molecule has 0 saturated carbocycles. The van der Waals surface area contributed by atoms with Gasteiger partial charge in [-0.3, -0.25) is 4.79 Å². The van der Waals surface area contributed by atoms with Gasteiger partial charge in [0.1, 0.15) is 11.5 Å². The molecule has 32 heavy (non-hydrogen) atoms. The molecule has 5 rings (SSSR count). The molecule has 1 aliphatic heterocycles. The summed E-state index contributed by atoms with van der Waals surface area (Å²) in [6.45, 7) is 3.31. The van der Waals surface area contributed by atoms with Gasteiger partial charge in [0, 0.05) is 56.5 Å². The number of para-hydroxylation sites is 1. The normalized spacial score (nSPS) is 18.4. The van der Waals surface area contributed by atoms with Gasteiger partial charge in [0.05, 0.1) is 18.4 Å². The molecular weight excluding hydrogens is 404 g/mol. The first-order valence-electron chi connectivity index (χ1n) is 10.9. The Balaban J connectivity index is 1.32. The number of carbonyl (C=O) groups excluding carboxylic acids is 1. The molecule has 1 aromatic heterocycles. The van der Waals surface area contributed by atoms with Crippen molar-refractivity contribution in [3.63, 3.8) is 0 Å². The number of hydrogen-bond donors (Lipinski definition) is 1. The van der Waals surface area contributed by atoms with E-state index in [1.807, 2.05) is 24.3 Å². The molecule has 7 heteroatoms. The third kappa shape index (κ3) is 3.86. The maximum atomic E-state index is 12.7. The Labute approximate surface area is 187 Å². The number of phenolic OH excluding ortho intramolecular Hbond substituents is 1. The number of phenols is 1. The summed E-state index contributed by atoms with van der Waals surface area (Å²) in [4.78, 5) is 26.5. The maximum Gasteiger partial charge on any atom is 0.225 e. The lowest BCUT2D eigenvalue weighted by Crippen LogP contribution is -2.47. The number of ketones is 1. The zero-order chi connectivity index (χ0) is 22.1. The van der Waals surface area contributed by atoms with E-state index in [2.05, 4.69) is 26.9 Å². The van der Waals surface area contributed by atoms with Gasteiger partial charge in [0.15, 0.2) is 5.78 Å². The van der Waals surface area contributed by atoms with Crippen molar-refractivity contribution in [2.45, 2.75) is 18.8 Å². The summed E-state index contributed by atoms with van der Waals surface area (Å²) in [7, 11) is 1.68. The van der Waals surface area contributed by atoms with Crippen molar-refractivity contribution >= 4 is 17.4 Å². The highest BCUT2D eigenvalue weighted by Gasteiger charge is 2.30. The van der Waals surface area contributed by atoms with Gasteiger partial charge in [0.2, 0.25) is 5.95 Å². The maximum absolute atomic E-state index is 12.7. The van der Waals surface area contributed by atoms with Crippen LogP contribution in [0.25, 0.3) is 0 Å². The van der Waals surface area contributed by atoms with E-state index in [1.54, 1.807) is 25.4 Å². The quantitative estimate of drug-likeness (QED) is 0.679. The van der Waals surface area contributed by atoms with Crippen LogP contribution in [0.5, 0.6) is 11.5 Å². The number of anilines is 2. The van der Waals surface area contributed by atoms with Gasteiger partial charge in [-0.2, -0.15) is 0 Å². The monoisotopic (exact) mass is 430 g/mol. The van der Waals surface area contributed by atoms with Crippen LogP contribution >= 0.6 is 0 Å². The Morgan fingerprint density at radius 1 is 1.00 bits per heavy atom. The second-order valence-corrected chi connectivity index (χ2v) is 8.29. The minimum atomic E-state index is -0.0659. The molecule has 1 saturated heterocycles. The number of rotatable bonds is 4. The van der Waals surface area contributed by atoms with Gasteiger partial charge in [-0.15, -0.1) is 0 Å². The fraction of sp³-hybridized carbons (Fsp3) is 0.320. The predicted octanol–water partition coefficient (Wildman–Crippen LogP) is 3.43. The number of ether oxygens (including phenoxy) is 1. The molecule has 0 amide bonds. The first kappa shape index (κ1) is 20.3. The summed E-state index contributed by atoms with van der Waals surface area (Å²) < 4.78 is 5.35. The van der Waals surface area contributed by atoms with Crippen LogP contribution in [-0.4, -0.2) is 54.1 Å². The van der Waals surface area contributed by atoms with Crippen molar-refractivity contribution in [3.8, 4) is 11.5 Å². The number of nitrogens with zero attached hydrogens (tertiary/aromatic N) is 4. The van der Waals surface area contributed by atoms with E-state index in [-0.39, 0.29) is 17.5 Å². The van der Waals surface area contributed by atoms with Crippen LogP contribution in [0.4, 0.5) is 11.6 Å². The van der Waals surface area contributed by atoms with Gasteiger partial charge in [-0.25, -0.2) is 9.97 Å². The van der Waals surface area contributed by atoms with E-state index in [9.17, 15) is 9.90 Å². The molecule has 1 aliphatic carbocycles. The second-order valence-electron chi connectivity index (χ2n) is 8.29. The second kappa shape index (κ2) is 8.49. The first-order chi connectivity index (χ1) is 15.6. The summed E-state index contributed by atoms with van der Waals surface area (Å²) in [5, 5.41) is 10.2. The molecule has 0 unspecified atom stereocenters. The van der Waals surface area contributed by atoms with Crippen molar-refractivity contribution in [2.24, 2.45) is 0 Å². The van der Waals surface area contributed by atoms with Crippen molar-refractivity contribution in [3.05, 3.63) is 71.5 Å². The van der Waals surface area contributed by atoms with Crippen molar-refractivity contribution in [1.82, 2.24) is 9.97 Å². The Morgan fingerprint density at radius 3 is 2.56 bits per heavy atom. The van der Waals surface area contributed by atoms with Crippen LogP contribution in [0.1, 0.15) is 34.0 Å². The highest BCUT2D eigenvalue weighted by molar-refractivity contribution is 5.98. The molecular formula is C25H26N4O3. The Bertz CT molecular complexity index is 1140. The standard InChI is InChI=1S/C25H26N4O3/c1-32-19-6-4-5-18(15-19)28-9-11-29(12-10-28)25-26-16-21-22(27-25)13-17(14-24(21)31)20-7-2-3-8-23(20)30/h2-8,15-17,30H,9-14H2,1H3/t17-/m1/s1. The van der Waals surface area contributed by atoms with E-state index in [4.69, 9.17) is 9.72 Å². The molecule has 1 fully saturated rings. The highest BCUT2D eigenvalue weighted by atomic mass is 16.5. The lowest BCUT2D eigenvalue weighted by molar-refractivity contribution is 0.0962. The van der Waals surface area contributed by atoms with E-state index in [1.165, 1.54) is 0 Å². The van der Waals surface area contributed by atoms with Crippen molar-refractivity contribution in [2.75, 3.05) is 43.1 Å². The largest absolute Gasteiger partial charge is 0.508 e. The summed E-state index contributed by atoms with van der Waals surface area (Å²) in [6, 6.07) is 15.3. The molecule has 164 valence electrons. The molecule has 2 aliphatic rings. The zero-order valence-corrected chi connectivity index (χ0v) is 18.1. The fourth-order valence-corrected chi connectivity index (χ4v) is 4.61. The highest BCUT2D eigenvalue weighted by Crippen LogP contribution is 2.36.